The van der Waals surface area contributed by atoms with Crippen LogP contribution in [0.25, 0.3) is 0 Å². The maximum atomic E-state index is 12.5. The molecule has 4 heteroatoms. The molecule has 0 unspecified atom stereocenters. The minimum Gasteiger partial charge on any atom is -0.334 e. The second-order valence-electron chi connectivity index (χ2n) is 5.86. The van der Waals surface area contributed by atoms with Crippen molar-refractivity contribution in [1.29, 1.82) is 0 Å². The van der Waals surface area contributed by atoms with E-state index in [2.05, 4.69) is 35.4 Å². The van der Waals surface area contributed by atoms with Gasteiger partial charge in [-0.3, -0.25) is 4.98 Å². The SMILES string of the molecule is Cc1ncccc1CNC(=O)N1Cc2ccccc2C[C@@H]1C. The van der Waals surface area contributed by atoms with E-state index in [1.807, 2.05) is 30.0 Å². The van der Waals surface area contributed by atoms with Gasteiger partial charge in [0.1, 0.15) is 0 Å². The number of benzene rings is 1. The lowest BCUT2D eigenvalue weighted by atomic mass is 9.95. The van der Waals surface area contributed by atoms with Gasteiger partial charge in [0.25, 0.3) is 0 Å². The van der Waals surface area contributed by atoms with Crippen LogP contribution in [0.3, 0.4) is 0 Å². The highest BCUT2D eigenvalue weighted by molar-refractivity contribution is 5.75. The first-order chi connectivity index (χ1) is 10.6. The Labute approximate surface area is 131 Å². The Kier molecular flexibility index (Phi) is 4.09. The molecule has 0 bridgehead atoms. The number of nitrogens with one attached hydrogen (secondary N) is 1. The minimum absolute atomic E-state index is 0.00902. The number of urea groups is 1. The molecule has 2 aromatic rings. The van der Waals surface area contributed by atoms with E-state index in [1.165, 1.54) is 11.1 Å². The molecule has 3 rings (SSSR count). The number of carbonyl (C=O) groups excluding carboxylic acids is 1. The van der Waals surface area contributed by atoms with Crippen LogP contribution in [0, 0.1) is 6.92 Å². The summed E-state index contributed by atoms with van der Waals surface area (Å²) in [7, 11) is 0. The smallest absolute Gasteiger partial charge is 0.318 e. The third-order valence-electron chi connectivity index (χ3n) is 4.31. The molecule has 1 N–H and O–H groups in total. The fourth-order valence-electron chi connectivity index (χ4n) is 2.93. The number of amides is 2. The Balaban J connectivity index is 1.67. The first-order valence-electron chi connectivity index (χ1n) is 7.67. The molecule has 0 radical (unpaired) electrons. The quantitative estimate of drug-likeness (QED) is 0.925. The highest BCUT2D eigenvalue weighted by Crippen LogP contribution is 2.23. The number of hydrogen-bond acceptors (Lipinski definition) is 2. The van der Waals surface area contributed by atoms with E-state index in [1.54, 1.807) is 6.20 Å². The fourth-order valence-corrected chi connectivity index (χ4v) is 2.93. The maximum absolute atomic E-state index is 12.5. The summed E-state index contributed by atoms with van der Waals surface area (Å²) < 4.78 is 0. The largest absolute Gasteiger partial charge is 0.334 e. The van der Waals surface area contributed by atoms with Crippen molar-refractivity contribution in [2.24, 2.45) is 0 Å². The molecule has 22 heavy (non-hydrogen) atoms. The zero-order chi connectivity index (χ0) is 15.5. The van der Waals surface area contributed by atoms with E-state index in [0.717, 1.165) is 17.7 Å². The van der Waals surface area contributed by atoms with Crippen LogP contribution in [-0.4, -0.2) is 22.0 Å². The zero-order valence-corrected chi connectivity index (χ0v) is 13.0. The van der Waals surface area contributed by atoms with Crippen LogP contribution < -0.4 is 5.32 Å². The van der Waals surface area contributed by atoms with Crippen LogP contribution >= 0.6 is 0 Å². The molecule has 2 heterocycles. The molecule has 0 aliphatic carbocycles. The van der Waals surface area contributed by atoms with E-state index in [0.29, 0.717) is 13.1 Å². The van der Waals surface area contributed by atoms with Gasteiger partial charge in [-0.05, 0) is 43.0 Å². The van der Waals surface area contributed by atoms with Gasteiger partial charge in [0.15, 0.2) is 0 Å². The summed E-state index contributed by atoms with van der Waals surface area (Å²) in [6.07, 6.45) is 2.68. The molecule has 114 valence electrons. The van der Waals surface area contributed by atoms with Crippen LogP contribution in [0.2, 0.25) is 0 Å². The molecule has 1 aliphatic rings. The highest BCUT2D eigenvalue weighted by Gasteiger charge is 2.26. The van der Waals surface area contributed by atoms with Crippen molar-refractivity contribution in [3.63, 3.8) is 0 Å². The lowest BCUT2D eigenvalue weighted by molar-refractivity contribution is 0.168. The Hall–Kier alpha value is -2.36. The molecular formula is C18H21N3O. The number of carbonyl (C=O) groups is 1. The molecule has 1 atom stereocenters. The number of aryl methyl sites for hydroxylation is 1. The molecule has 4 nitrogen and oxygen atoms in total. The van der Waals surface area contributed by atoms with E-state index < -0.39 is 0 Å². The third kappa shape index (κ3) is 2.96. The Morgan fingerprint density at radius 3 is 2.82 bits per heavy atom. The molecule has 0 saturated carbocycles. The van der Waals surface area contributed by atoms with E-state index in [-0.39, 0.29) is 12.1 Å². The Morgan fingerprint density at radius 2 is 2.05 bits per heavy atom. The van der Waals surface area contributed by atoms with Gasteiger partial charge in [-0.1, -0.05) is 30.3 Å². The van der Waals surface area contributed by atoms with Crippen LogP contribution in [-0.2, 0) is 19.5 Å². The summed E-state index contributed by atoms with van der Waals surface area (Å²) in [4.78, 5) is 18.7. The molecule has 0 saturated heterocycles. The summed E-state index contributed by atoms with van der Waals surface area (Å²) in [5.74, 6) is 0. The van der Waals surface area contributed by atoms with Gasteiger partial charge in [0.2, 0.25) is 0 Å². The summed E-state index contributed by atoms with van der Waals surface area (Å²) >= 11 is 0. The summed E-state index contributed by atoms with van der Waals surface area (Å²) in [6.45, 7) is 5.25. The standard InChI is InChI=1S/C18H21N3O/c1-13-10-15-6-3-4-7-17(15)12-21(13)18(22)20-11-16-8-5-9-19-14(16)2/h3-9,13H,10-12H2,1-2H3,(H,20,22)/t13-/m0/s1. The van der Waals surface area contributed by atoms with E-state index >= 15 is 0 Å². The number of pyridine rings is 1. The van der Waals surface area contributed by atoms with Gasteiger partial charge < -0.3 is 10.2 Å². The number of hydrogen-bond donors (Lipinski definition) is 1. The lowest BCUT2D eigenvalue weighted by Gasteiger charge is -2.35. The summed E-state index contributed by atoms with van der Waals surface area (Å²) in [6, 6.07) is 12.4. The maximum Gasteiger partial charge on any atom is 0.318 e. The first-order valence-corrected chi connectivity index (χ1v) is 7.67. The van der Waals surface area contributed by atoms with E-state index in [9.17, 15) is 4.79 Å². The van der Waals surface area contributed by atoms with Crippen LogP contribution in [0.4, 0.5) is 4.79 Å². The third-order valence-corrected chi connectivity index (χ3v) is 4.31. The van der Waals surface area contributed by atoms with Crippen molar-refractivity contribution in [2.75, 3.05) is 0 Å². The summed E-state index contributed by atoms with van der Waals surface area (Å²) in [5, 5.41) is 3.02. The van der Waals surface area contributed by atoms with Gasteiger partial charge in [-0.15, -0.1) is 0 Å². The topological polar surface area (TPSA) is 45.2 Å². The number of aromatic nitrogens is 1. The number of fused-ring (bicyclic) bond motifs is 1. The molecule has 0 spiro atoms. The molecule has 1 aliphatic heterocycles. The predicted octanol–water partition coefficient (Wildman–Crippen LogP) is 3.05. The first kappa shape index (κ1) is 14.6. The Bertz CT molecular complexity index is 684. The predicted molar refractivity (Wildman–Crippen MR) is 86.4 cm³/mol. The van der Waals surface area contributed by atoms with Gasteiger partial charge in [-0.25, -0.2) is 4.79 Å². The molecule has 1 aromatic heterocycles. The molecule has 1 aromatic carbocycles. The minimum atomic E-state index is -0.00902. The molecule has 0 fully saturated rings. The summed E-state index contributed by atoms with van der Waals surface area (Å²) in [5.41, 5.74) is 4.61. The van der Waals surface area contributed by atoms with Crippen molar-refractivity contribution < 1.29 is 4.79 Å². The van der Waals surface area contributed by atoms with Crippen molar-refractivity contribution >= 4 is 6.03 Å². The average molecular weight is 295 g/mol. The molecular weight excluding hydrogens is 274 g/mol. The lowest BCUT2D eigenvalue weighted by Crippen LogP contribution is -2.47. The monoisotopic (exact) mass is 295 g/mol. The number of rotatable bonds is 2. The van der Waals surface area contributed by atoms with Gasteiger partial charge in [0.05, 0.1) is 0 Å². The highest BCUT2D eigenvalue weighted by atomic mass is 16.2. The van der Waals surface area contributed by atoms with Crippen molar-refractivity contribution in [1.82, 2.24) is 15.2 Å². The van der Waals surface area contributed by atoms with Crippen molar-refractivity contribution in [3.05, 3.63) is 65.0 Å². The normalized spacial score (nSPS) is 17.0. The van der Waals surface area contributed by atoms with Gasteiger partial charge >= 0.3 is 6.03 Å². The van der Waals surface area contributed by atoms with Crippen molar-refractivity contribution in [3.8, 4) is 0 Å². The zero-order valence-electron chi connectivity index (χ0n) is 13.0. The average Bonchev–Trinajstić information content (AvgIpc) is 2.53. The fraction of sp³-hybridized carbons (Fsp3) is 0.333. The van der Waals surface area contributed by atoms with Crippen LogP contribution in [0.15, 0.2) is 42.6 Å². The number of nitrogens with zero attached hydrogens (tertiary/aromatic N) is 2. The van der Waals surface area contributed by atoms with Gasteiger partial charge in [-0.2, -0.15) is 0 Å². The van der Waals surface area contributed by atoms with Crippen molar-refractivity contribution in [2.45, 2.75) is 39.4 Å². The Morgan fingerprint density at radius 1 is 1.27 bits per heavy atom. The van der Waals surface area contributed by atoms with Crippen LogP contribution in [0.5, 0.6) is 0 Å². The second kappa shape index (κ2) is 6.18. The second-order valence-corrected chi connectivity index (χ2v) is 5.86. The molecule has 2 amide bonds. The van der Waals surface area contributed by atoms with Gasteiger partial charge in [0, 0.05) is 31.0 Å². The van der Waals surface area contributed by atoms with E-state index in [4.69, 9.17) is 0 Å². The van der Waals surface area contributed by atoms with Crippen LogP contribution in [0.1, 0.15) is 29.3 Å².